The highest BCUT2D eigenvalue weighted by Crippen LogP contribution is 2.35. The van der Waals surface area contributed by atoms with E-state index in [0.717, 1.165) is 84.2 Å². The van der Waals surface area contributed by atoms with E-state index in [1.165, 1.54) is 35.4 Å². The van der Waals surface area contributed by atoms with Crippen molar-refractivity contribution >= 4 is 11.8 Å². The molecule has 4 saturated heterocycles. The van der Waals surface area contributed by atoms with Gasteiger partial charge in [-0.05, 0) is 136 Å². The molecule has 4 aliphatic rings. The second-order valence-electron chi connectivity index (χ2n) is 20.7. The van der Waals surface area contributed by atoms with Crippen LogP contribution >= 0.6 is 0 Å². The number of alkyl halides is 6. The van der Waals surface area contributed by atoms with Gasteiger partial charge in [0.15, 0.2) is 0 Å². The van der Waals surface area contributed by atoms with Crippen LogP contribution in [-0.2, 0) is 21.8 Å². The molecule has 4 aromatic carbocycles. The Bertz CT molecular complexity index is 2400. The number of piperazine rings is 2. The van der Waals surface area contributed by atoms with E-state index in [1.54, 1.807) is 9.80 Å². The van der Waals surface area contributed by atoms with Crippen LogP contribution in [0, 0.1) is 27.7 Å². The molecule has 2 N–H and O–H groups in total. The van der Waals surface area contributed by atoms with Crippen molar-refractivity contribution in [2.45, 2.75) is 78.2 Å². The SMILES string of the molecule is Cc1c(OC[C@@H](O)CN2CCOCC2)ccc(C(C)N2CCN(C(=O)c3ccc(C(F)(F)F)cc3)CC2)c1C.Cc1c(OC[C@H](O)CN2CCOCC2)ccc(C(C)N2CCN(C(=O)c3ccc(C(F)(F)F)cc3)CC2)c1C. The summed E-state index contributed by atoms with van der Waals surface area (Å²) in [6.45, 7) is 24.8. The summed E-state index contributed by atoms with van der Waals surface area (Å²) in [5.74, 6) is 1.02. The van der Waals surface area contributed by atoms with Crippen LogP contribution < -0.4 is 9.47 Å². The maximum absolute atomic E-state index is 12.9. The third-order valence-electron chi connectivity index (χ3n) is 15.7. The minimum atomic E-state index is -4.42. The summed E-state index contributed by atoms with van der Waals surface area (Å²) in [6.07, 6.45) is -10.0. The standard InChI is InChI=1S/2C29H38F3N3O4/c2*1-20-21(2)27(39-19-25(36)18-33-14-16-38-17-15-33)9-8-26(20)22(3)34-10-12-35(13-11-34)28(37)23-4-6-24(7-5-23)29(30,31)32/h2*4-9,22,25,36H,10-19H2,1-3H3/t2*22?,25-/m10/s1. The molecule has 4 heterocycles. The van der Waals surface area contributed by atoms with Crippen molar-refractivity contribution in [3.05, 3.63) is 128 Å². The van der Waals surface area contributed by atoms with Crippen LogP contribution in [0.2, 0.25) is 0 Å². The van der Waals surface area contributed by atoms with E-state index in [4.69, 9.17) is 18.9 Å². The molecule has 20 heteroatoms. The highest BCUT2D eigenvalue weighted by molar-refractivity contribution is 5.95. The van der Waals surface area contributed by atoms with Gasteiger partial charge in [0.2, 0.25) is 0 Å². The molecule has 4 aliphatic heterocycles. The van der Waals surface area contributed by atoms with Crippen LogP contribution in [-0.4, -0.2) is 195 Å². The number of hydrogen-bond donors (Lipinski definition) is 2. The number of β-amino-alcohol motifs (C(OH)–C–C–N with tert-alkyl or cyclic N) is 2. The third kappa shape index (κ3) is 16.0. The van der Waals surface area contributed by atoms with Gasteiger partial charge < -0.3 is 39.0 Å². The summed E-state index contributed by atoms with van der Waals surface area (Å²) in [4.78, 5) is 38.1. The second kappa shape index (κ2) is 27.2. The van der Waals surface area contributed by atoms with Crippen molar-refractivity contribution in [1.29, 1.82) is 0 Å². The van der Waals surface area contributed by atoms with Crippen LogP contribution in [0.15, 0.2) is 72.8 Å². The Morgan fingerprint density at radius 1 is 0.487 bits per heavy atom. The van der Waals surface area contributed by atoms with Gasteiger partial charge >= 0.3 is 12.4 Å². The number of carbonyl (C=O) groups is 2. The maximum Gasteiger partial charge on any atom is 0.416 e. The second-order valence-corrected chi connectivity index (χ2v) is 20.7. The number of benzene rings is 4. The molecule has 2 unspecified atom stereocenters. The number of aliphatic hydroxyl groups is 2. The number of amides is 2. The molecule has 0 aliphatic carbocycles. The Balaban J connectivity index is 0.000000226. The van der Waals surface area contributed by atoms with E-state index in [2.05, 4.69) is 59.4 Å². The molecule has 0 bridgehead atoms. The Morgan fingerprint density at radius 3 is 1.12 bits per heavy atom. The molecule has 428 valence electrons. The summed E-state index contributed by atoms with van der Waals surface area (Å²) in [5, 5.41) is 20.9. The Kier molecular flexibility index (Phi) is 21.1. The number of aliphatic hydroxyl groups excluding tert-OH is 2. The van der Waals surface area contributed by atoms with E-state index < -0.39 is 35.7 Å². The minimum absolute atomic E-state index is 0.119. The van der Waals surface area contributed by atoms with E-state index in [0.29, 0.717) is 91.9 Å². The third-order valence-corrected chi connectivity index (χ3v) is 15.7. The summed E-state index contributed by atoms with van der Waals surface area (Å²) >= 11 is 0. The van der Waals surface area contributed by atoms with Gasteiger partial charge in [0.05, 0.1) is 37.6 Å². The fraction of sp³-hybridized carbons (Fsp3) is 0.552. The van der Waals surface area contributed by atoms with Crippen LogP contribution in [0.5, 0.6) is 11.5 Å². The van der Waals surface area contributed by atoms with Gasteiger partial charge in [-0.25, -0.2) is 0 Å². The van der Waals surface area contributed by atoms with E-state index in [-0.39, 0.29) is 48.2 Å². The van der Waals surface area contributed by atoms with Crippen molar-refractivity contribution in [2.24, 2.45) is 0 Å². The quantitative estimate of drug-likeness (QED) is 0.106. The summed E-state index contributed by atoms with van der Waals surface area (Å²) in [5.41, 5.74) is 5.70. The number of rotatable bonds is 16. The lowest BCUT2D eigenvalue weighted by molar-refractivity contribution is -0.138. The van der Waals surface area contributed by atoms with Crippen LogP contribution in [0.4, 0.5) is 26.3 Å². The first kappa shape index (κ1) is 60.3. The molecule has 0 aromatic heterocycles. The van der Waals surface area contributed by atoms with Gasteiger partial charge in [-0.3, -0.25) is 29.2 Å². The first-order valence-electron chi connectivity index (χ1n) is 26.9. The van der Waals surface area contributed by atoms with Crippen molar-refractivity contribution in [3.63, 3.8) is 0 Å². The molecule has 4 atom stereocenters. The number of ether oxygens (including phenoxy) is 4. The van der Waals surface area contributed by atoms with Gasteiger partial charge in [-0.15, -0.1) is 0 Å². The average molecular weight is 1100 g/mol. The van der Waals surface area contributed by atoms with E-state index in [9.17, 15) is 46.1 Å². The van der Waals surface area contributed by atoms with Gasteiger partial charge in [0, 0.05) is 115 Å². The number of nitrogens with zero attached hydrogens (tertiary/aromatic N) is 6. The molecular weight excluding hydrogens is 1020 g/mol. The summed E-state index contributed by atoms with van der Waals surface area (Å²) < 4.78 is 99.7. The predicted molar refractivity (Wildman–Crippen MR) is 284 cm³/mol. The van der Waals surface area contributed by atoms with Gasteiger partial charge in [0.1, 0.15) is 36.9 Å². The first-order chi connectivity index (χ1) is 37.1. The number of hydrogen-bond acceptors (Lipinski definition) is 12. The monoisotopic (exact) mass is 1100 g/mol. The maximum atomic E-state index is 12.9. The number of morpholine rings is 2. The lowest BCUT2D eigenvalue weighted by Gasteiger charge is -2.39. The van der Waals surface area contributed by atoms with Crippen molar-refractivity contribution in [1.82, 2.24) is 29.4 Å². The summed E-state index contributed by atoms with van der Waals surface area (Å²) in [7, 11) is 0. The molecule has 2 amide bonds. The highest BCUT2D eigenvalue weighted by Gasteiger charge is 2.33. The van der Waals surface area contributed by atoms with Gasteiger partial charge in [-0.2, -0.15) is 26.3 Å². The number of carbonyl (C=O) groups excluding carboxylic acids is 2. The molecule has 4 fully saturated rings. The molecule has 4 aromatic rings. The van der Waals surface area contributed by atoms with Crippen molar-refractivity contribution in [2.75, 3.05) is 131 Å². The molecule has 14 nitrogen and oxygen atoms in total. The molecule has 0 radical (unpaired) electrons. The lowest BCUT2D eigenvalue weighted by atomic mass is 9.96. The van der Waals surface area contributed by atoms with Gasteiger partial charge in [0.25, 0.3) is 11.8 Å². The largest absolute Gasteiger partial charge is 0.491 e. The fourth-order valence-corrected chi connectivity index (χ4v) is 10.5. The first-order valence-corrected chi connectivity index (χ1v) is 26.9. The minimum Gasteiger partial charge on any atom is -0.491 e. The van der Waals surface area contributed by atoms with Gasteiger partial charge in [-0.1, -0.05) is 12.1 Å². The molecule has 8 rings (SSSR count). The Labute approximate surface area is 454 Å². The van der Waals surface area contributed by atoms with Crippen molar-refractivity contribution < 1.29 is 65.1 Å². The molecule has 0 saturated carbocycles. The highest BCUT2D eigenvalue weighted by atomic mass is 19.4. The molecule has 78 heavy (non-hydrogen) atoms. The van der Waals surface area contributed by atoms with Crippen LogP contribution in [0.1, 0.15) is 91.2 Å². The summed E-state index contributed by atoms with van der Waals surface area (Å²) in [6, 6.07) is 17.1. The normalized spacial score (nSPS) is 19.1. The Hall–Kier alpha value is -5.32. The average Bonchev–Trinajstić information content (AvgIpc) is 3.44. The zero-order valence-electron chi connectivity index (χ0n) is 45.7. The predicted octanol–water partition coefficient (Wildman–Crippen LogP) is 7.83. The van der Waals surface area contributed by atoms with Crippen molar-refractivity contribution in [3.8, 4) is 11.5 Å². The Morgan fingerprint density at radius 2 is 0.808 bits per heavy atom. The van der Waals surface area contributed by atoms with Crippen LogP contribution in [0.25, 0.3) is 0 Å². The lowest BCUT2D eigenvalue weighted by Crippen LogP contribution is -2.49. The van der Waals surface area contributed by atoms with Crippen LogP contribution in [0.3, 0.4) is 0 Å². The topological polar surface area (TPSA) is 131 Å². The van der Waals surface area contributed by atoms with E-state index >= 15 is 0 Å². The zero-order valence-corrected chi connectivity index (χ0v) is 45.7. The number of halogens is 6. The zero-order chi connectivity index (χ0) is 56.3. The molecular formula is C58H76F6N6O8. The van der Waals surface area contributed by atoms with E-state index in [1.807, 2.05) is 26.0 Å². The molecule has 0 spiro atoms. The smallest absolute Gasteiger partial charge is 0.416 e. The fourth-order valence-electron chi connectivity index (χ4n) is 10.5.